The van der Waals surface area contributed by atoms with Crippen LogP contribution in [0.3, 0.4) is 0 Å². The highest BCUT2D eigenvalue weighted by molar-refractivity contribution is 5.71. The first kappa shape index (κ1) is 58.9. The first-order valence-corrected chi connectivity index (χ1v) is 26.0. The number of rotatable bonds is 46. The maximum absolute atomic E-state index is 12.8. The third kappa shape index (κ3) is 47.9. The van der Waals surface area contributed by atoms with Crippen LogP contribution in [-0.2, 0) is 28.6 Å². The first-order valence-electron chi connectivity index (χ1n) is 26.0. The number of hydrogen-bond acceptors (Lipinski definition) is 6. The number of allylic oxidation sites excluding steroid dienone is 12. The summed E-state index contributed by atoms with van der Waals surface area (Å²) < 4.78 is 16.8. The summed E-state index contributed by atoms with van der Waals surface area (Å²) in [5.41, 5.74) is 0. The second-order valence-corrected chi connectivity index (χ2v) is 17.1. The van der Waals surface area contributed by atoms with Crippen LogP contribution in [0.1, 0.15) is 245 Å². The molecule has 0 aliphatic heterocycles. The van der Waals surface area contributed by atoms with E-state index in [-0.39, 0.29) is 31.1 Å². The van der Waals surface area contributed by atoms with Gasteiger partial charge in [0.15, 0.2) is 6.10 Å². The van der Waals surface area contributed by atoms with Crippen molar-refractivity contribution in [2.45, 2.75) is 252 Å². The SMILES string of the molecule is CC\C=C/C=C\C=C/C=C\CCCCCC(=O)OCC(COC(=O)CCCCCCCCCCCCCCCCCCC)OC(=O)CCCCCCCCC/C=C\C/C=C\CC. The van der Waals surface area contributed by atoms with Gasteiger partial charge in [-0.05, 0) is 64.2 Å². The monoisotopic (exact) mass is 865 g/mol. The summed E-state index contributed by atoms with van der Waals surface area (Å²) >= 11 is 0. The lowest BCUT2D eigenvalue weighted by Crippen LogP contribution is -2.30. The molecule has 0 spiro atoms. The van der Waals surface area contributed by atoms with E-state index in [9.17, 15) is 14.4 Å². The molecule has 6 nitrogen and oxygen atoms in total. The van der Waals surface area contributed by atoms with E-state index in [2.05, 4.69) is 57.2 Å². The minimum absolute atomic E-state index is 0.0898. The van der Waals surface area contributed by atoms with Crippen molar-refractivity contribution < 1.29 is 28.6 Å². The molecule has 0 aromatic heterocycles. The van der Waals surface area contributed by atoms with Crippen molar-refractivity contribution in [1.82, 2.24) is 0 Å². The Bertz CT molecular complexity index is 1180. The van der Waals surface area contributed by atoms with Crippen molar-refractivity contribution in [3.8, 4) is 0 Å². The molecule has 356 valence electrons. The Morgan fingerprint density at radius 2 is 0.710 bits per heavy atom. The molecule has 1 atom stereocenters. The molecule has 0 saturated carbocycles. The molecule has 0 fully saturated rings. The Labute approximate surface area is 382 Å². The van der Waals surface area contributed by atoms with Crippen molar-refractivity contribution >= 4 is 17.9 Å². The maximum Gasteiger partial charge on any atom is 0.306 e. The number of ether oxygens (including phenoxy) is 3. The molecule has 1 unspecified atom stereocenters. The molecule has 0 aliphatic rings. The van der Waals surface area contributed by atoms with E-state index in [4.69, 9.17) is 14.2 Å². The Morgan fingerprint density at radius 1 is 0.355 bits per heavy atom. The summed E-state index contributed by atoms with van der Waals surface area (Å²) in [6, 6.07) is 0. The number of esters is 3. The minimum Gasteiger partial charge on any atom is -0.462 e. The molecule has 0 aromatic rings. The third-order valence-corrected chi connectivity index (χ3v) is 11.1. The van der Waals surface area contributed by atoms with Crippen LogP contribution in [0.15, 0.2) is 72.9 Å². The maximum atomic E-state index is 12.8. The standard InChI is InChI=1S/C56H96O6/c1-4-7-10-13-16-19-22-25-27-28-29-32-34-37-40-43-46-49-55(58)61-52-53(51-60-54(57)48-45-42-39-36-33-30-24-21-18-15-12-9-6-3)62-56(59)50-47-44-41-38-35-31-26-23-20-17-14-11-8-5-2/h8-9,11-12,15,17-18,20-21,24,30,33,53H,4-7,10,13-14,16,19,22-23,25-29,31-32,34-52H2,1-3H3/b11-8-,12-9-,18-15-,20-17-,24-21-,33-30-. The van der Waals surface area contributed by atoms with E-state index in [0.29, 0.717) is 19.3 Å². The summed E-state index contributed by atoms with van der Waals surface area (Å²) in [6.45, 7) is 6.36. The lowest BCUT2D eigenvalue weighted by molar-refractivity contribution is -0.167. The van der Waals surface area contributed by atoms with E-state index in [1.807, 2.05) is 36.5 Å². The van der Waals surface area contributed by atoms with Crippen LogP contribution in [0.4, 0.5) is 0 Å². The zero-order chi connectivity index (χ0) is 45.1. The van der Waals surface area contributed by atoms with Crippen molar-refractivity contribution in [2.75, 3.05) is 13.2 Å². The highest BCUT2D eigenvalue weighted by Gasteiger charge is 2.19. The summed E-state index contributed by atoms with van der Waals surface area (Å²) in [7, 11) is 0. The van der Waals surface area contributed by atoms with Crippen molar-refractivity contribution in [3.05, 3.63) is 72.9 Å². The van der Waals surface area contributed by atoms with Gasteiger partial charge in [-0.1, -0.05) is 235 Å². The second kappa shape index (κ2) is 50.5. The Hall–Kier alpha value is -3.15. The van der Waals surface area contributed by atoms with Gasteiger partial charge in [-0.2, -0.15) is 0 Å². The predicted molar refractivity (Wildman–Crippen MR) is 265 cm³/mol. The molecule has 62 heavy (non-hydrogen) atoms. The largest absolute Gasteiger partial charge is 0.462 e. The quantitative estimate of drug-likeness (QED) is 0.0199. The summed E-state index contributed by atoms with van der Waals surface area (Å²) in [6.07, 6.45) is 63.2. The van der Waals surface area contributed by atoms with Crippen LogP contribution < -0.4 is 0 Å². The van der Waals surface area contributed by atoms with Gasteiger partial charge in [0.25, 0.3) is 0 Å². The van der Waals surface area contributed by atoms with Crippen molar-refractivity contribution in [2.24, 2.45) is 0 Å². The average molecular weight is 865 g/mol. The van der Waals surface area contributed by atoms with Crippen LogP contribution in [0, 0.1) is 0 Å². The lowest BCUT2D eigenvalue weighted by Gasteiger charge is -2.18. The zero-order valence-corrected chi connectivity index (χ0v) is 40.6. The molecule has 0 rings (SSSR count). The molecule has 0 amide bonds. The van der Waals surface area contributed by atoms with Gasteiger partial charge >= 0.3 is 17.9 Å². The third-order valence-electron chi connectivity index (χ3n) is 11.1. The molecule has 0 saturated heterocycles. The van der Waals surface area contributed by atoms with E-state index >= 15 is 0 Å². The molecule has 0 N–H and O–H groups in total. The first-order chi connectivity index (χ1) is 30.5. The van der Waals surface area contributed by atoms with Crippen LogP contribution in [0.5, 0.6) is 0 Å². The summed E-state index contributed by atoms with van der Waals surface area (Å²) in [5.74, 6) is -0.935. The fourth-order valence-corrected chi connectivity index (χ4v) is 7.20. The van der Waals surface area contributed by atoms with Gasteiger partial charge in [-0.25, -0.2) is 0 Å². The van der Waals surface area contributed by atoms with Gasteiger partial charge < -0.3 is 14.2 Å². The molecule has 0 aliphatic carbocycles. The van der Waals surface area contributed by atoms with Crippen LogP contribution in [0.25, 0.3) is 0 Å². The van der Waals surface area contributed by atoms with Gasteiger partial charge in [0.05, 0.1) is 0 Å². The number of carbonyl (C=O) groups is 3. The lowest BCUT2D eigenvalue weighted by atomic mass is 10.0. The average Bonchev–Trinajstić information content (AvgIpc) is 3.27. The highest BCUT2D eigenvalue weighted by atomic mass is 16.6. The second-order valence-electron chi connectivity index (χ2n) is 17.1. The molecule has 0 aromatic carbocycles. The number of carbonyl (C=O) groups excluding carboxylic acids is 3. The zero-order valence-electron chi connectivity index (χ0n) is 40.6. The van der Waals surface area contributed by atoms with Crippen molar-refractivity contribution in [3.63, 3.8) is 0 Å². The summed E-state index contributed by atoms with van der Waals surface area (Å²) in [5, 5.41) is 0. The van der Waals surface area contributed by atoms with Gasteiger partial charge in [0, 0.05) is 19.3 Å². The van der Waals surface area contributed by atoms with Gasteiger partial charge in [-0.15, -0.1) is 0 Å². The fraction of sp³-hybridized carbons (Fsp3) is 0.732. The van der Waals surface area contributed by atoms with E-state index in [1.54, 1.807) is 0 Å². The normalized spacial score (nSPS) is 12.6. The topological polar surface area (TPSA) is 78.9 Å². The van der Waals surface area contributed by atoms with Crippen LogP contribution in [0.2, 0.25) is 0 Å². The van der Waals surface area contributed by atoms with Crippen LogP contribution in [-0.4, -0.2) is 37.2 Å². The molecule has 0 heterocycles. The highest BCUT2D eigenvalue weighted by Crippen LogP contribution is 2.16. The Kier molecular flexibility index (Phi) is 47.9. The smallest absolute Gasteiger partial charge is 0.306 e. The fourth-order valence-electron chi connectivity index (χ4n) is 7.20. The van der Waals surface area contributed by atoms with Gasteiger partial charge in [0.2, 0.25) is 0 Å². The Morgan fingerprint density at radius 3 is 1.18 bits per heavy atom. The molecule has 6 heteroatoms. The van der Waals surface area contributed by atoms with E-state index in [0.717, 1.165) is 89.9 Å². The Balaban J connectivity index is 4.40. The van der Waals surface area contributed by atoms with E-state index in [1.165, 1.54) is 116 Å². The number of unbranched alkanes of at least 4 members (excludes halogenated alkanes) is 26. The minimum atomic E-state index is -0.793. The molecule has 0 bridgehead atoms. The predicted octanol–water partition coefficient (Wildman–Crippen LogP) is 17.0. The molecular formula is C56H96O6. The van der Waals surface area contributed by atoms with E-state index < -0.39 is 6.10 Å². The van der Waals surface area contributed by atoms with Crippen molar-refractivity contribution in [1.29, 1.82) is 0 Å². The molecule has 0 radical (unpaired) electrons. The number of hydrogen-bond donors (Lipinski definition) is 0. The molecular weight excluding hydrogens is 769 g/mol. The van der Waals surface area contributed by atoms with Gasteiger partial charge in [-0.3, -0.25) is 14.4 Å². The van der Waals surface area contributed by atoms with Gasteiger partial charge in [0.1, 0.15) is 13.2 Å². The summed E-state index contributed by atoms with van der Waals surface area (Å²) in [4.78, 5) is 38.0. The van der Waals surface area contributed by atoms with Crippen LogP contribution >= 0.6 is 0 Å².